The van der Waals surface area contributed by atoms with Crippen LogP contribution in [0.5, 0.6) is 0 Å². The number of piperidine rings is 1. The van der Waals surface area contributed by atoms with Crippen molar-refractivity contribution in [1.82, 2.24) is 9.80 Å². The first kappa shape index (κ1) is 18.4. The van der Waals surface area contributed by atoms with Gasteiger partial charge in [-0.3, -0.25) is 9.69 Å². The van der Waals surface area contributed by atoms with Crippen LogP contribution in [0.2, 0.25) is 0 Å². The number of carbonyl (C=O) groups is 1. The van der Waals surface area contributed by atoms with E-state index in [1.807, 2.05) is 31.3 Å². The minimum atomic E-state index is 0. The second-order valence-electron chi connectivity index (χ2n) is 5.45. The lowest BCUT2D eigenvalue weighted by atomic mass is 10.1. The predicted molar refractivity (Wildman–Crippen MR) is 91.5 cm³/mol. The van der Waals surface area contributed by atoms with Crippen LogP contribution in [-0.4, -0.2) is 48.4 Å². The Hall–Kier alpha value is -0.620. The predicted octanol–water partition coefficient (Wildman–Crippen LogP) is 2.25. The fraction of sp³-hybridized carbons (Fsp3) is 0.533. The molecule has 0 spiro atoms. The van der Waals surface area contributed by atoms with Gasteiger partial charge in [0.25, 0.3) is 0 Å². The highest BCUT2D eigenvalue weighted by molar-refractivity contribution is 9.10. The third kappa shape index (κ3) is 5.58. The second kappa shape index (κ2) is 8.73. The van der Waals surface area contributed by atoms with Gasteiger partial charge < -0.3 is 10.6 Å². The number of likely N-dealkylation sites (tertiary alicyclic amines) is 1. The molecule has 0 aliphatic carbocycles. The molecule has 1 aromatic carbocycles. The van der Waals surface area contributed by atoms with Crippen molar-refractivity contribution in [3.05, 3.63) is 34.3 Å². The Balaban J connectivity index is 0.00000220. The minimum absolute atomic E-state index is 0. The Labute approximate surface area is 141 Å². The molecular formula is C15H23BrClN3O. The zero-order chi connectivity index (χ0) is 14.5. The van der Waals surface area contributed by atoms with Crippen LogP contribution in [0.3, 0.4) is 0 Å². The summed E-state index contributed by atoms with van der Waals surface area (Å²) in [5.74, 6) is 0.163. The van der Waals surface area contributed by atoms with Crippen molar-refractivity contribution in [1.29, 1.82) is 0 Å². The van der Waals surface area contributed by atoms with E-state index < -0.39 is 0 Å². The SMILES string of the molecule is CN(Cc1ccccc1Br)C(=O)CN1CCC(N)CC1.Cl. The van der Waals surface area contributed by atoms with Crippen molar-refractivity contribution in [2.45, 2.75) is 25.4 Å². The zero-order valence-electron chi connectivity index (χ0n) is 12.3. The van der Waals surface area contributed by atoms with Gasteiger partial charge in [-0.15, -0.1) is 12.4 Å². The third-order valence-corrected chi connectivity index (χ3v) is 4.56. The number of carbonyl (C=O) groups excluding carboxylic acids is 1. The summed E-state index contributed by atoms with van der Waals surface area (Å²) in [6, 6.07) is 8.31. The van der Waals surface area contributed by atoms with Crippen molar-refractivity contribution in [2.24, 2.45) is 5.73 Å². The average Bonchev–Trinajstić information content (AvgIpc) is 2.44. The molecule has 118 valence electrons. The maximum atomic E-state index is 12.2. The number of likely N-dealkylation sites (N-methyl/N-ethyl adjacent to an activating group) is 1. The Morgan fingerprint density at radius 2 is 2.00 bits per heavy atom. The minimum Gasteiger partial charge on any atom is -0.340 e. The number of rotatable bonds is 4. The summed E-state index contributed by atoms with van der Waals surface area (Å²) in [6.07, 6.45) is 1.97. The van der Waals surface area contributed by atoms with Crippen LogP contribution in [0.4, 0.5) is 0 Å². The molecular weight excluding hydrogens is 354 g/mol. The van der Waals surface area contributed by atoms with Gasteiger partial charge in [0, 0.05) is 37.2 Å². The maximum Gasteiger partial charge on any atom is 0.236 e. The highest BCUT2D eigenvalue weighted by atomic mass is 79.9. The molecule has 2 N–H and O–H groups in total. The molecule has 1 aliphatic rings. The molecule has 2 rings (SSSR count). The van der Waals surface area contributed by atoms with E-state index in [2.05, 4.69) is 20.8 Å². The van der Waals surface area contributed by atoms with Gasteiger partial charge in [0.15, 0.2) is 0 Å². The zero-order valence-corrected chi connectivity index (χ0v) is 14.7. The standard InChI is InChI=1S/C15H22BrN3O.ClH/c1-18(10-12-4-2-3-5-14(12)16)15(20)11-19-8-6-13(17)7-9-19;/h2-5,13H,6-11,17H2,1H3;1H. The van der Waals surface area contributed by atoms with E-state index in [0.717, 1.165) is 36.0 Å². The molecule has 1 saturated heterocycles. The maximum absolute atomic E-state index is 12.2. The number of amides is 1. The van der Waals surface area contributed by atoms with Crippen LogP contribution in [-0.2, 0) is 11.3 Å². The molecule has 21 heavy (non-hydrogen) atoms. The van der Waals surface area contributed by atoms with E-state index in [1.165, 1.54) is 0 Å². The molecule has 1 heterocycles. The lowest BCUT2D eigenvalue weighted by Gasteiger charge is -2.30. The molecule has 4 nitrogen and oxygen atoms in total. The van der Waals surface area contributed by atoms with Crippen LogP contribution in [0, 0.1) is 0 Å². The van der Waals surface area contributed by atoms with Gasteiger partial charge in [0.2, 0.25) is 5.91 Å². The van der Waals surface area contributed by atoms with E-state index in [1.54, 1.807) is 4.90 Å². The molecule has 0 saturated carbocycles. The lowest BCUT2D eigenvalue weighted by molar-refractivity contribution is -0.131. The van der Waals surface area contributed by atoms with Gasteiger partial charge in [-0.05, 0) is 24.5 Å². The molecule has 0 aromatic heterocycles. The van der Waals surface area contributed by atoms with E-state index in [9.17, 15) is 4.79 Å². The van der Waals surface area contributed by atoms with Crippen LogP contribution >= 0.6 is 28.3 Å². The van der Waals surface area contributed by atoms with E-state index in [0.29, 0.717) is 19.1 Å². The van der Waals surface area contributed by atoms with Crippen LogP contribution in [0.15, 0.2) is 28.7 Å². The van der Waals surface area contributed by atoms with Crippen molar-refractivity contribution in [2.75, 3.05) is 26.7 Å². The van der Waals surface area contributed by atoms with Crippen molar-refractivity contribution in [3.8, 4) is 0 Å². The van der Waals surface area contributed by atoms with Gasteiger partial charge >= 0.3 is 0 Å². The Morgan fingerprint density at radius 1 is 1.38 bits per heavy atom. The summed E-state index contributed by atoms with van der Waals surface area (Å²) < 4.78 is 1.04. The summed E-state index contributed by atoms with van der Waals surface area (Å²) in [7, 11) is 1.86. The number of nitrogens with zero attached hydrogens (tertiary/aromatic N) is 2. The van der Waals surface area contributed by atoms with Gasteiger partial charge in [0.1, 0.15) is 0 Å². The lowest BCUT2D eigenvalue weighted by Crippen LogP contribution is -2.44. The van der Waals surface area contributed by atoms with E-state index >= 15 is 0 Å². The monoisotopic (exact) mass is 375 g/mol. The number of benzene rings is 1. The van der Waals surface area contributed by atoms with Crippen molar-refractivity contribution in [3.63, 3.8) is 0 Å². The average molecular weight is 377 g/mol. The van der Waals surface area contributed by atoms with Gasteiger partial charge in [-0.2, -0.15) is 0 Å². The molecule has 0 radical (unpaired) electrons. The molecule has 6 heteroatoms. The summed E-state index contributed by atoms with van der Waals surface area (Å²) in [5.41, 5.74) is 7.01. The fourth-order valence-corrected chi connectivity index (χ4v) is 2.80. The van der Waals surface area contributed by atoms with Crippen molar-refractivity contribution < 1.29 is 4.79 Å². The molecule has 1 fully saturated rings. The van der Waals surface area contributed by atoms with E-state index in [-0.39, 0.29) is 18.3 Å². The summed E-state index contributed by atoms with van der Waals surface area (Å²) in [4.78, 5) is 16.2. The Morgan fingerprint density at radius 3 is 2.62 bits per heavy atom. The van der Waals surface area contributed by atoms with Gasteiger partial charge in [-0.25, -0.2) is 0 Å². The second-order valence-corrected chi connectivity index (χ2v) is 6.31. The van der Waals surface area contributed by atoms with Crippen molar-refractivity contribution >= 4 is 34.2 Å². The number of nitrogens with two attached hydrogens (primary N) is 1. The summed E-state index contributed by atoms with van der Waals surface area (Å²) >= 11 is 3.52. The first-order chi connectivity index (χ1) is 9.56. The highest BCUT2D eigenvalue weighted by Crippen LogP contribution is 2.17. The molecule has 0 atom stereocenters. The highest BCUT2D eigenvalue weighted by Gasteiger charge is 2.20. The summed E-state index contributed by atoms with van der Waals surface area (Å²) in [6.45, 7) is 2.98. The van der Waals surface area contributed by atoms with Gasteiger partial charge in [-0.1, -0.05) is 34.1 Å². The molecule has 1 aliphatic heterocycles. The first-order valence-corrected chi connectivity index (χ1v) is 7.81. The normalized spacial score (nSPS) is 16.3. The first-order valence-electron chi connectivity index (χ1n) is 7.01. The van der Waals surface area contributed by atoms with Crippen LogP contribution in [0.1, 0.15) is 18.4 Å². The Bertz CT molecular complexity index is 464. The van der Waals surface area contributed by atoms with Gasteiger partial charge in [0.05, 0.1) is 6.54 Å². The Kier molecular flexibility index (Phi) is 7.66. The smallest absolute Gasteiger partial charge is 0.236 e. The third-order valence-electron chi connectivity index (χ3n) is 3.78. The quantitative estimate of drug-likeness (QED) is 0.877. The number of halogens is 2. The molecule has 1 amide bonds. The van der Waals surface area contributed by atoms with Crippen LogP contribution in [0.25, 0.3) is 0 Å². The topological polar surface area (TPSA) is 49.6 Å². The number of hydrogen-bond acceptors (Lipinski definition) is 3. The van der Waals surface area contributed by atoms with Crippen LogP contribution < -0.4 is 5.73 Å². The molecule has 1 aromatic rings. The molecule has 0 unspecified atom stereocenters. The number of hydrogen-bond donors (Lipinski definition) is 1. The largest absolute Gasteiger partial charge is 0.340 e. The van der Waals surface area contributed by atoms with E-state index in [4.69, 9.17) is 5.73 Å². The summed E-state index contributed by atoms with van der Waals surface area (Å²) in [5, 5.41) is 0. The fourth-order valence-electron chi connectivity index (χ4n) is 2.39. The molecule has 0 bridgehead atoms.